The zero-order valence-corrected chi connectivity index (χ0v) is 15.4. The molecule has 2 rings (SSSR count). The smallest absolute Gasteiger partial charge is 0.262 e. The van der Waals surface area contributed by atoms with Gasteiger partial charge in [-0.2, -0.15) is 0 Å². The standard InChI is InChI=1S/C16H13Cl4NO2/c1-8-3-4-9(2)12(5-8)21-13(22)7-23-16-11(18)6-10(17)14(19)15(16)20/h3-6H,7H2,1-2H3,(H,21,22). The third kappa shape index (κ3) is 4.45. The minimum atomic E-state index is -0.336. The maximum absolute atomic E-state index is 12.0. The molecule has 122 valence electrons. The molecule has 7 heteroatoms. The molecule has 0 aliphatic carbocycles. The number of benzene rings is 2. The zero-order chi connectivity index (χ0) is 17.1. The van der Waals surface area contributed by atoms with E-state index < -0.39 is 0 Å². The van der Waals surface area contributed by atoms with Crippen LogP contribution >= 0.6 is 46.4 Å². The molecule has 23 heavy (non-hydrogen) atoms. The molecule has 1 amide bonds. The van der Waals surface area contributed by atoms with E-state index in [4.69, 9.17) is 51.1 Å². The van der Waals surface area contributed by atoms with Crippen molar-refractivity contribution in [2.45, 2.75) is 13.8 Å². The first-order chi connectivity index (χ1) is 10.8. The number of ether oxygens (including phenoxy) is 1. The number of aryl methyl sites for hydroxylation is 2. The molecule has 0 spiro atoms. The van der Waals surface area contributed by atoms with E-state index in [1.165, 1.54) is 6.07 Å². The van der Waals surface area contributed by atoms with Gasteiger partial charge in [0.1, 0.15) is 5.02 Å². The summed E-state index contributed by atoms with van der Waals surface area (Å²) in [7, 11) is 0. The fraction of sp³-hybridized carbons (Fsp3) is 0.188. The van der Waals surface area contributed by atoms with Crippen molar-refractivity contribution in [2.24, 2.45) is 0 Å². The van der Waals surface area contributed by atoms with Crippen LogP contribution < -0.4 is 10.1 Å². The monoisotopic (exact) mass is 391 g/mol. The first kappa shape index (κ1) is 18.2. The molecule has 0 aliphatic rings. The van der Waals surface area contributed by atoms with Gasteiger partial charge in [0, 0.05) is 5.69 Å². The van der Waals surface area contributed by atoms with Crippen molar-refractivity contribution in [3.63, 3.8) is 0 Å². The molecule has 3 nitrogen and oxygen atoms in total. The van der Waals surface area contributed by atoms with Crippen LogP contribution in [0.15, 0.2) is 24.3 Å². The lowest BCUT2D eigenvalue weighted by Crippen LogP contribution is -2.21. The van der Waals surface area contributed by atoms with Crippen LogP contribution in [0.5, 0.6) is 5.75 Å². The minimum absolute atomic E-state index is 0.0729. The molecule has 0 radical (unpaired) electrons. The Bertz CT molecular complexity index is 762. The summed E-state index contributed by atoms with van der Waals surface area (Å²) in [5, 5.41) is 3.38. The molecule has 0 aliphatic heterocycles. The van der Waals surface area contributed by atoms with Crippen molar-refractivity contribution >= 4 is 58.0 Å². The van der Waals surface area contributed by atoms with Crippen LogP contribution in [0, 0.1) is 13.8 Å². The van der Waals surface area contributed by atoms with Crippen LogP contribution in [0.1, 0.15) is 11.1 Å². The van der Waals surface area contributed by atoms with Gasteiger partial charge < -0.3 is 10.1 Å². The van der Waals surface area contributed by atoms with Crippen molar-refractivity contribution in [3.8, 4) is 5.75 Å². The van der Waals surface area contributed by atoms with Gasteiger partial charge >= 0.3 is 0 Å². The highest BCUT2D eigenvalue weighted by molar-refractivity contribution is 6.50. The number of halogens is 4. The van der Waals surface area contributed by atoms with Crippen molar-refractivity contribution < 1.29 is 9.53 Å². The van der Waals surface area contributed by atoms with Gasteiger partial charge in [-0.15, -0.1) is 0 Å². The lowest BCUT2D eigenvalue weighted by atomic mass is 10.1. The van der Waals surface area contributed by atoms with Crippen LogP contribution in [0.3, 0.4) is 0 Å². The average molecular weight is 393 g/mol. The van der Waals surface area contributed by atoms with E-state index in [1.807, 2.05) is 32.0 Å². The van der Waals surface area contributed by atoms with E-state index in [0.29, 0.717) is 0 Å². The first-order valence-electron chi connectivity index (χ1n) is 6.62. The van der Waals surface area contributed by atoms with E-state index in [-0.39, 0.29) is 38.4 Å². The summed E-state index contributed by atoms with van der Waals surface area (Å²) in [5.74, 6) is -0.212. The summed E-state index contributed by atoms with van der Waals surface area (Å²) >= 11 is 23.8. The van der Waals surface area contributed by atoms with Gasteiger partial charge in [0.05, 0.1) is 15.1 Å². The van der Waals surface area contributed by atoms with Crippen LogP contribution in [0.25, 0.3) is 0 Å². The molecule has 2 aromatic carbocycles. The number of nitrogens with one attached hydrogen (secondary N) is 1. The zero-order valence-electron chi connectivity index (χ0n) is 12.3. The molecule has 2 aromatic rings. The SMILES string of the molecule is Cc1ccc(C)c(NC(=O)COc2c(Cl)cc(Cl)c(Cl)c2Cl)c1. The Balaban J connectivity index is 2.08. The van der Waals surface area contributed by atoms with Crippen molar-refractivity contribution in [1.82, 2.24) is 0 Å². The molecular weight excluding hydrogens is 380 g/mol. The summed E-state index contributed by atoms with van der Waals surface area (Å²) in [6.45, 7) is 3.59. The molecule has 0 unspecified atom stereocenters. The molecule has 0 bridgehead atoms. The first-order valence-corrected chi connectivity index (χ1v) is 8.13. The highest BCUT2D eigenvalue weighted by atomic mass is 35.5. The average Bonchev–Trinajstić information content (AvgIpc) is 2.48. The van der Waals surface area contributed by atoms with Crippen LogP contribution in [0.2, 0.25) is 20.1 Å². The second-order valence-electron chi connectivity index (χ2n) is 4.95. The number of rotatable bonds is 4. The highest BCUT2D eigenvalue weighted by Crippen LogP contribution is 2.42. The summed E-state index contributed by atoms with van der Waals surface area (Å²) in [5.41, 5.74) is 2.72. The van der Waals surface area contributed by atoms with E-state index in [9.17, 15) is 4.79 Å². The number of anilines is 1. The van der Waals surface area contributed by atoms with Gasteiger partial charge in [0.2, 0.25) is 0 Å². The topological polar surface area (TPSA) is 38.3 Å². The van der Waals surface area contributed by atoms with Crippen LogP contribution in [-0.2, 0) is 4.79 Å². The van der Waals surface area contributed by atoms with E-state index in [0.717, 1.165) is 16.8 Å². The van der Waals surface area contributed by atoms with Gasteiger partial charge in [0.15, 0.2) is 12.4 Å². The Hall–Kier alpha value is -1.13. The Kier molecular flexibility index (Phi) is 6.04. The second-order valence-corrected chi connectivity index (χ2v) is 6.52. The number of hydrogen-bond acceptors (Lipinski definition) is 2. The molecule has 0 saturated carbocycles. The quantitative estimate of drug-likeness (QED) is 0.516. The molecule has 1 N–H and O–H groups in total. The van der Waals surface area contributed by atoms with Gasteiger partial charge in [-0.1, -0.05) is 58.5 Å². The third-order valence-corrected chi connectivity index (χ3v) is 4.61. The fourth-order valence-electron chi connectivity index (χ4n) is 1.88. The molecule has 0 aromatic heterocycles. The Morgan fingerprint density at radius 2 is 1.74 bits per heavy atom. The second kappa shape index (κ2) is 7.63. The summed E-state index contributed by atoms with van der Waals surface area (Å²) in [4.78, 5) is 12.0. The normalized spacial score (nSPS) is 10.5. The summed E-state index contributed by atoms with van der Waals surface area (Å²) in [6.07, 6.45) is 0. The molecule has 0 heterocycles. The maximum atomic E-state index is 12.0. The number of carbonyl (C=O) groups excluding carboxylic acids is 1. The van der Waals surface area contributed by atoms with Crippen molar-refractivity contribution in [3.05, 3.63) is 55.5 Å². The Labute approximate surface area is 154 Å². The van der Waals surface area contributed by atoms with E-state index in [2.05, 4.69) is 5.32 Å². The van der Waals surface area contributed by atoms with E-state index in [1.54, 1.807) is 0 Å². The van der Waals surface area contributed by atoms with Gasteiger partial charge in [0.25, 0.3) is 5.91 Å². The van der Waals surface area contributed by atoms with Gasteiger partial charge in [-0.05, 0) is 37.1 Å². The number of carbonyl (C=O) groups is 1. The third-order valence-electron chi connectivity index (χ3n) is 3.09. The van der Waals surface area contributed by atoms with Crippen LogP contribution in [-0.4, -0.2) is 12.5 Å². The van der Waals surface area contributed by atoms with E-state index >= 15 is 0 Å². The predicted octanol–water partition coefficient (Wildman–Crippen LogP) is 5.93. The fourth-order valence-corrected chi connectivity index (χ4v) is 2.89. The lowest BCUT2D eigenvalue weighted by Gasteiger charge is -2.13. The highest BCUT2D eigenvalue weighted by Gasteiger charge is 2.16. The van der Waals surface area contributed by atoms with Crippen LogP contribution in [0.4, 0.5) is 5.69 Å². The lowest BCUT2D eigenvalue weighted by molar-refractivity contribution is -0.118. The van der Waals surface area contributed by atoms with Gasteiger partial charge in [-0.3, -0.25) is 4.79 Å². The predicted molar refractivity (Wildman–Crippen MR) is 96.5 cm³/mol. The molecule has 0 atom stereocenters. The minimum Gasteiger partial charge on any atom is -0.481 e. The van der Waals surface area contributed by atoms with Crippen molar-refractivity contribution in [2.75, 3.05) is 11.9 Å². The Morgan fingerprint density at radius 3 is 2.43 bits per heavy atom. The number of amides is 1. The molecular formula is C16H13Cl4NO2. The summed E-state index contributed by atoms with van der Waals surface area (Å²) in [6, 6.07) is 7.19. The Morgan fingerprint density at radius 1 is 1.04 bits per heavy atom. The largest absolute Gasteiger partial charge is 0.481 e. The maximum Gasteiger partial charge on any atom is 0.262 e. The molecule has 0 fully saturated rings. The molecule has 0 saturated heterocycles. The van der Waals surface area contributed by atoms with Crippen molar-refractivity contribution in [1.29, 1.82) is 0 Å². The van der Waals surface area contributed by atoms with Gasteiger partial charge in [-0.25, -0.2) is 0 Å². The number of hydrogen-bond donors (Lipinski definition) is 1. The summed E-state index contributed by atoms with van der Waals surface area (Å²) < 4.78 is 5.39.